The summed E-state index contributed by atoms with van der Waals surface area (Å²) < 4.78 is 5.38. The molecular weight excluding hydrogens is 440 g/mol. The van der Waals surface area contributed by atoms with E-state index in [4.69, 9.17) is 9.84 Å². The molecule has 4 unspecified atom stereocenters. The molecule has 0 fully saturated rings. The van der Waals surface area contributed by atoms with Crippen LogP contribution in [-0.2, 0) is 0 Å². The van der Waals surface area contributed by atoms with Gasteiger partial charge in [0.15, 0.2) is 0 Å². The van der Waals surface area contributed by atoms with Crippen LogP contribution in [0.1, 0.15) is 22.3 Å². The second kappa shape index (κ2) is 11.7. The van der Waals surface area contributed by atoms with Gasteiger partial charge in [-0.2, -0.15) is 0 Å². The van der Waals surface area contributed by atoms with Gasteiger partial charge in [-0.1, -0.05) is 18.2 Å². The maximum absolute atomic E-state index is 12.6. The molecule has 0 saturated heterocycles. The highest BCUT2D eigenvalue weighted by atomic mass is 16.6. The number of carbonyl (C=O) groups is 1. The number of ether oxygens (including phenoxy) is 1. The lowest BCUT2D eigenvalue weighted by Gasteiger charge is -2.27. The molecular formula is C25H28N2O7. The second-order valence-corrected chi connectivity index (χ2v) is 7.82. The van der Waals surface area contributed by atoms with E-state index in [2.05, 4.69) is 10.3 Å². The Balaban J connectivity index is 1.71. The zero-order valence-corrected chi connectivity index (χ0v) is 18.6. The van der Waals surface area contributed by atoms with Crippen LogP contribution in [0.5, 0.6) is 5.75 Å². The van der Waals surface area contributed by atoms with Crippen molar-refractivity contribution in [2.75, 3.05) is 11.9 Å². The largest absolute Gasteiger partial charge is 0.462 e. The van der Waals surface area contributed by atoms with Gasteiger partial charge in [-0.15, -0.1) is 0 Å². The predicted molar refractivity (Wildman–Crippen MR) is 125 cm³/mol. The third kappa shape index (κ3) is 6.37. The van der Waals surface area contributed by atoms with Crippen LogP contribution in [0, 0.1) is 6.92 Å². The number of hydrogen-bond donors (Lipinski definition) is 6. The number of aliphatic hydroxyl groups is 5. The zero-order chi connectivity index (χ0) is 24.7. The fourth-order valence-corrected chi connectivity index (χ4v) is 3.34. The zero-order valence-electron chi connectivity index (χ0n) is 18.6. The Hall–Kier alpha value is -3.34. The van der Waals surface area contributed by atoms with Crippen LogP contribution in [0.25, 0.3) is 11.1 Å². The van der Waals surface area contributed by atoms with Crippen molar-refractivity contribution in [2.45, 2.75) is 37.9 Å². The molecule has 1 heterocycles. The molecule has 3 rings (SSSR count). The SMILES string of the molecule is Cc1cc(-c2cccc(C(=O)Nc3ccncc3)c2)ccc1OC(O)C(O)C(O)C(O)CCO. The van der Waals surface area contributed by atoms with Gasteiger partial charge in [-0.25, -0.2) is 0 Å². The van der Waals surface area contributed by atoms with Gasteiger partial charge in [0, 0.05) is 30.3 Å². The number of amides is 1. The lowest BCUT2D eigenvalue weighted by atomic mass is 10.0. The summed E-state index contributed by atoms with van der Waals surface area (Å²) in [6.07, 6.45) is -3.66. The number of carbonyl (C=O) groups excluding carboxylic acids is 1. The van der Waals surface area contributed by atoms with Crippen molar-refractivity contribution in [3.63, 3.8) is 0 Å². The van der Waals surface area contributed by atoms with Crippen molar-refractivity contribution >= 4 is 11.6 Å². The second-order valence-electron chi connectivity index (χ2n) is 7.82. The van der Waals surface area contributed by atoms with E-state index in [1.165, 1.54) is 0 Å². The van der Waals surface area contributed by atoms with E-state index in [0.29, 0.717) is 16.8 Å². The minimum Gasteiger partial charge on any atom is -0.462 e. The number of aryl methyl sites for hydroxylation is 1. The molecule has 0 saturated carbocycles. The van der Waals surface area contributed by atoms with Crippen molar-refractivity contribution in [3.8, 4) is 16.9 Å². The first kappa shape index (κ1) is 25.3. The van der Waals surface area contributed by atoms with Crippen LogP contribution in [0.4, 0.5) is 5.69 Å². The fourth-order valence-electron chi connectivity index (χ4n) is 3.34. The van der Waals surface area contributed by atoms with E-state index in [1.54, 1.807) is 67.8 Å². The first-order valence-corrected chi connectivity index (χ1v) is 10.7. The van der Waals surface area contributed by atoms with E-state index in [9.17, 15) is 25.2 Å². The minimum atomic E-state index is -1.80. The Labute approximate surface area is 196 Å². The van der Waals surface area contributed by atoms with E-state index < -0.39 is 24.6 Å². The molecule has 0 aliphatic rings. The molecule has 4 atom stereocenters. The molecule has 9 nitrogen and oxygen atoms in total. The van der Waals surface area contributed by atoms with Gasteiger partial charge < -0.3 is 35.6 Å². The van der Waals surface area contributed by atoms with Gasteiger partial charge >= 0.3 is 0 Å². The summed E-state index contributed by atoms with van der Waals surface area (Å²) in [6, 6.07) is 15.6. The molecule has 2 aromatic carbocycles. The predicted octanol–water partition coefficient (Wildman–Crippen LogP) is 1.47. The highest BCUT2D eigenvalue weighted by molar-refractivity contribution is 6.04. The van der Waals surface area contributed by atoms with Gasteiger partial charge in [-0.05, 0) is 66.4 Å². The molecule has 1 aromatic heterocycles. The van der Waals surface area contributed by atoms with Crippen LogP contribution in [0.15, 0.2) is 67.0 Å². The Morgan fingerprint density at radius 2 is 1.68 bits per heavy atom. The highest BCUT2D eigenvalue weighted by Gasteiger charge is 2.31. The van der Waals surface area contributed by atoms with Crippen LogP contribution in [0.2, 0.25) is 0 Å². The smallest absolute Gasteiger partial charge is 0.255 e. The maximum atomic E-state index is 12.6. The minimum absolute atomic E-state index is 0.154. The van der Waals surface area contributed by atoms with Gasteiger partial charge in [0.2, 0.25) is 6.29 Å². The number of nitrogens with zero attached hydrogens (tertiary/aromatic N) is 1. The van der Waals surface area contributed by atoms with Crippen LogP contribution in [-0.4, -0.2) is 67.6 Å². The summed E-state index contributed by atoms with van der Waals surface area (Å²) in [7, 11) is 0. The number of aromatic nitrogens is 1. The Morgan fingerprint density at radius 1 is 0.971 bits per heavy atom. The molecule has 3 aromatic rings. The fraction of sp³-hybridized carbons (Fsp3) is 0.280. The summed E-state index contributed by atoms with van der Waals surface area (Å²) in [5.41, 5.74) is 3.34. The number of nitrogens with one attached hydrogen (secondary N) is 1. The molecule has 1 amide bonds. The summed E-state index contributed by atoms with van der Waals surface area (Å²) >= 11 is 0. The average molecular weight is 469 g/mol. The molecule has 0 aliphatic carbocycles. The average Bonchev–Trinajstić information content (AvgIpc) is 2.85. The summed E-state index contributed by atoms with van der Waals surface area (Å²) in [6.45, 7) is 1.37. The van der Waals surface area contributed by atoms with Gasteiger partial charge in [0.1, 0.15) is 18.0 Å². The topological polar surface area (TPSA) is 152 Å². The molecule has 0 aliphatic heterocycles. The van der Waals surface area contributed by atoms with Crippen molar-refractivity contribution in [3.05, 3.63) is 78.1 Å². The lowest BCUT2D eigenvalue weighted by molar-refractivity contribution is -0.166. The summed E-state index contributed by atoms with van der Waals surface area (Å²) in [5, 5.41) is 51.4. The van der Waals surface area contributed by atoms with Crippen LogP contribution in [0.3, 0.4) is 0 Å². The monoisotopic (exact) mass is 468 g/mol. The lowest BCUT2D eigenvalue weighted by Crippen LogP contribution is -2.47. The number of hydrogen-bond acceptors (Lipinski definition) is 8. The quantitative estimate of drug-likeness (QED) is 0.245. The van der Waals surface area contributed by atoms with E-state index in [-0.39, 0.29) is 24.7 Å². The van der Waals surface area contributed by atoms with Gasteiger partial charge in [0.25, 0.3) is 5.91 Å². The Morgan fingerprint density at radius 3 is 2.35 bits per heavy atom. The van der Waals surface area contributed by atoms with Gasteiger partial charge in [-0.3, -0.25) is 9.78 Å². The molecule has 180 valence electrons. The van der Waals surface area contributed by atoms with Crippen LogP contribution >= 0.6 is 0 Å². The van der Waals surface area contributed by atoms with E-state index in [1.807, 2.05) is 6.07 Å². The van der Waals surface area contributed by atoms with Crippen molar-refractivity contribution in [1.29, 1.82) is 0 Å². The van der Waals surface area contributed by atoms with Crippen LogP contribution < -0.4 is 10.1 Å². The van der Waals surface area contributed by atoms with E-state index in [0.717, 1.165) is 11.1 Å². The molecule has 0 bridgehead atoms. The number of pyridine rings is 1. The maximum Gasteiger partial charge on any atom is 0.255 e. The third-order valence-electron chi connectivity index (χ3n) is 5.28. The molecule has 9 heteroatoms. The number of anilines is 1. The molecule has 0 spiro atoms. The molecule has 6 N–H and O–H groups in total. The van der Waals surface area contributed by atoms with Crippen molar-refractivity contribution < 1.29 is 35.1 Å². The van der Waals surface area contributed by atoms with Crippen molar-refractivity contribution in [2.24, 2.45) is 0 Å². The van der Waals surface area contributed by atoms with Gasteiger partial charge in [0.05, 0.1) is 6.10 Å². The first-order chi connectivity index (χ1) is 16.3. The summed E-state index contributed by atoms with van der Waals surface area (Å²) in [4.78, 5) is 16.5. The summed E-state index contributed by atoms with van der Waals surface area (Å²) in [5.74, 6) is 0.00881. The highest BCUT2D eigenvalue weighted by Crippen LogP contribution is 2.28. The normalized spacial score (nSPS) is 14.6. The number of aliphatic hydroxyl groups excluding tert-OH is 5. The standard InChI is InChI=1S/C25H28N2O7/c1-15-13-17(5-6-21(15)34-25(33)23(31)22(30)20(29)9-12-28)16-3-2-4-18(14-16)24(32)27-19-7-10-26-11-8-19/h2-8,10-11,13-14,20,22-23,25,28-31,33H,9,12H2,1H3,(H,26,27,32). The molecule has 0 radical (unpaired) electrons. The van der Waals surface area contributed by atoms with E-state index >= 15 is 0 Å². The molecule has 34 heavy (non-hydrogen) atoms. The Kier molecular flexibility index (Phi) is 8.69. The van der Waals surface area contributed by atoms with Crippen molar-refractivity contribution in [1.82, 2.24) is 4.98 Å². The first-order valence-electron chi connectivity index (χ1n) is 10.7. The number of rotatable bonds is 10. The third-order valence-corrected chi connectivity index (χ3v) is 5.28. The Bertz CT molecular complexity index is 1090. The number of benzene rings is 2.